The molecule has 0 atom stereocenters. The van der Waals surface area contributed by atoms with Crippen molar-refractivity contribution in [1.82, 2.24) is 15.0 Å². The average Bonchev–Trinajstić information content (AvgIpc) is 3.69. The summed E-state index contributed by atoms with van der Waals surface area (Å²) >= 11 is 0.949. The van der Waals surface area contributed by atoms with Gasteiger partial charge < -0.3 is 0 Å². The fourth-order valence-electron chi connectivity index (χ4n) is 5.71. The van der Waals surface area contributed by atoms with Crippen LogP contribution >= 0.6 is 11.3 Å². The van der Waals surface area contributed by atoms with Crippen LogP contribution in [0, 0.1) is 0 Å². The summed E-state index contributed by atoms with van der Waals surface area (Å²) in [5.74, 6) is 0.578. The van der Waals surface area contributed by atoms with Crippen molar-refractivity contribution in [2.45, 2.75) is 0 Å². The highest BCUT2D eigenvalue weighted by molar-refractivity contribution is 7.26. The maximum Gasteiger partial charge on any atom is 0.165 e. The van der Waals surface area contributed by atoms with Crippen LogP contribution in [0.4, 0.5) is 0 Å². The zero-order chi connectivity index (χ0) is 42.1. The molecule has 4 heteroatoms. The molecule has 230 valence electrons. The van der Waals surface area contributed by atoms with E-state index in [4.69, 9.17) is 27.3 Å². The Balaban J connectivity index is 1.24. The molecular weight excluding hydrogens is 615 g/mol. The van der Waals surface area contributed by atoms with E-state index in [1.54, 1.807) is 0 Å². The van der Waals surface area contributed by atoms with Crippen LogP contribution in [0.1, 0.15) is 15.1 Å². The van der Waals surface area contributed by atoms with E-state index >= 15 is 0 Å². The third-order valence-electron chi connectivity index (χ3n) is 8.17. The van der Waals surface area contributed by atoms with E-state index < -0.39 is 66.0 Å². The Morgan fingerprint density at radius 1 is 0.388 bits per heavy atom. The summed E-state index contributed by atoms with van der Waals surface area (Å²) in [4.78, 5) is 14.5. The third kappa shape index (κ3) is 5.58. The van der Waals surface area contributed by atoms with Crippen LogP contribution in [0.3, 0.4) is 0 Å². The first-order valence-corrected chi connectivity index (χ1v) is 16.3. The predicted octanol–water partition coefficient (Wildman–Crippen LogP) is 12.2. The van der Waals surface area contributed by atoms with E-state index in [-0.39, 0.29) is 54.8 Å². The molecule has 0 radical (unpaired) electrons. The van der Waals surface area contributed by atoms with Crippen molar-refractivity contribution < 1.29 is 15.1 Å². The third-order valence-corrected chi connectivity index (χ3v) is 9.29. The van der Waals surface area contributed by atoms with Crippen LogP contribution in [-0.4, -0.2) is 15.0 Å². The molecule has 2 aromatic heterocycles. The molecule has 0 unspecified atom stereocenters. The van der Waals surface area contributed by atoms with Crippen molar-refractivity contribution in [2.24, 2.45) is 0 Å². The molecule has 0 amide bonds. The van der Waals surface area contributed by atoms with Gasteiger partial charge in [-0.15, -0.1) is 11.3 Å². The minimum atomic E-state index is -0.658. The molecule has 0 saturated carbocycles. The Morgan fingerprint density at radius 2 is 0.918 bits per heavy atom. The van der Waals surface area contributed by atoms with E-state index in [1.165, 1.54) is 0 Å². The van der Waals surface area contributed by atoms with Crippen LogP contribution in [0.25, 0.3) is 87.7 Å². The maximum atomic E-state index is 9.35. The van der Waals surface area contributed by atoms with Crippen LogP contribution in [0.2, 0.25) is 0 Å². The van der Waals surface area contributed by atoms with E-state index in [1.807, 2.05) is 72.8 Å². The Bertz CT molecular complexity index is 3170. The number of thiophene rings is 1. The van der Waals surface area contributed by atoms with Crippen molar-refractivity contribution in [3.05, 3.63) is 176 Å². The van der Waals surface area contributed by atoms with Gasteiger partial charge in [0.15, 0.2) is 17.5 Å². The lowest BCUT2D eigenvalue weighted by molar-refractivity contribution is 1.08. The van der Waals surface area contributed by atoms with E-state index in [0.717, 1.165) is 33.6 Å². The van der Waals surface area contributed by atoms with Gasteiger partial charge in [-0.2, -0.15) is 0 Å². The number of benzene rings is 7. The summed E-state index contributed by atoms with van der Waals surface area (Å²) < 4.78 is 96.5. The predicted molar refractivity (Wildman–Crippen MR) is 205 cm³/mol. The molecule has 3 nitrogen and oxygen atoms in total. The monoisotopic (exact) mass is 654 g/mol. The molecule has 9 rings (SSSR count). The Hall–Kier alpha value is -6.23. The summed E-state index contributed by atoms with van der Waals surface area (Å²) in [5, 5.41) is 0.0199. The second-order valence-corrected chi connectivity index (χ2v) is 12.2. The van der Waals surface area contributed by atoms with Gasteiger partial charge in [0.25, 0.3) is 0 Å². The molecule has 2 heterocycles. The molecule has 7 aromatic carbocycles. The first-order valence-electron chi connectivity index (χ1n) is 21.0. The zero-order valence-electron chi connectivity index (χ0n) is 36.6. The van der Waals surface area contributed by atoms with Crippen molar-refractivity contribution in [1.29, 1.82) is 0 Å². The molecule has 0 spiro atoms. The zero-order valence-corrected chi connectivity index (χ0v) is 26.5. The molecule has 0 aliphatic heterocycles. The van der Waals surface area contributed by atoms with Crippen LogP contribution in [0.15, 0.2) is 176 Å². The van der Waals surface area contributed by atoms with Crippen molar-refractivity contribution >= 4 is 31.5 Å². The number of rotatable bonds is 6. The summed E-state index contributed by atoms with van der Waals surface area (Å²) in [6.45, 7) is 0. The smallest absolute Gasteiger partial charge is 0.165 e. The van der Waals surface area contributed by atoms with Gasteiger partial charge in [0.05, 0.1) is 15.1 Å². The Morgan fingerprint density at radius 3 is 1.55 bits per heavy atom. The van der Waals surface area contributed by atoms with Crippen LogP contribution in [-0.2, 0) is 0 Å². The molecule has 0 fully saturated rings. The summed E-state index contributed by atoms with van der Waals surface area (Å²) in [5.41, 5.74) is 4.80. The molecule has 0 aliphatic carbocycles. The van der Waals surface area contributed by atoms with Crippen molar-refractivity contribution in [3.8, 4) is 67.5 Å². The number of nitrogens with zero attached hydrogens (tertiary/aromatic N) is 3. The quantitative estimate of drug-likeness (QED) is 0.179. The van der Waals surface area contributed by atoms with Gasteiger partial charge in [-0.25, -0.2) is 15.0 Å². The number of aromatic nitrogens is 3. The lowest BCUT2D eigenvalue weighted by Gasteiger charge is -2.10. The van der Waals surface area contributed by atoms with Gasteiger partial charge in [0.2, 0.25) is 0 Å². The van der Waals surface area contributed by atoms with Gasteiger partial charge in [0, 0.05) is 36.9 Å². The second kappa shape index (κ2) is 12.4. The van der Waals surface area contributed by atoms with Gasteiger partial charge in [-0.1, -0.05) is 158 Å². The fraction of sp³-hybridized carbons (Fsp3) is 0. The highest BCUT2D eigenvalue weighted by Crippen LogP contribution is 2.41. The summed E-state index contributed by atoms with van der Waals surface area (Å²) in [6.07, 6.45) is 0. The first-order chi connectivity index (χ1) is 28.8. The highest BCUT2D eigenvalue weighted by Gasteiger charge is 2.17. The SMILES string of the molecule is [2H]c1c([2H])c([2H])c(-c2c([2H])c([2H])c3sc4c(-c5nc(-c6ccccc6)nc(-c6ccc(-c7ccc(-c8ccccc8)cc7)cc6)n5)c([2H])c([2H])c([2H])c4c3c2[2H])c([2H])c1[2H]. The Labute approximate surface area is 304 Å². The summed E-state index contributed by atoms with van der Waals surface area (Å²) in [7, 11) is 0. The lowest BCUT2D eigenvalue weighted by Crippen LogP contribution is -2.00. The molecule has 0 aliphatic rings. The van der Waals surface area contributed by atoms with Crippen molar-refractivity contribution in [3.63, 3.8) is 0 Å². The van der Waals surface area contributed by atoms with E-state index in [2.05, 4.69) is 36.4 Å². The molecular formula is C45H29N3S. The standard InChI is InChI=1S/C45H29N3S/c1-4-11-30(12-5-1)32-19-21-33(22-20-32)34-23-25-36(26-24-34)44-46-43(35-15-8-3-9-16-35)47-45(48-44)39-18-10-17-38-40-29-37(31-13-6-2-7-14-31)27-28-41(40)49-42(38)39/h1-29H/i2D,6D,7D,10D,13D,14D,17D,18D,27D,28D,29D. The minimum absolute atomic E-state index is 0.0116. The lowest BCUT2D eigenvalue weighted by atomic mass is 9.99. The minimum Gasteiger partial charge on any atom is -0.208 e. The molecule has 0 bridgehead atoms. The fourth-order valence-corrected chi connectivity index (χ4v) is 6.77. The molecule has 49 heavy (non-hydrogen) atoms. The van der Waals surface area contributed by atoms with Gasteiger partial charge in [-0.05, 0) is 51.5 Å². The van der Waals surface area contributed by atoms with Gasteiger partial charge in [0.1, 0.15) is 0 Å². The van der Waals surface area contributed by atoms with E-state index in [0.29, 0.717) is 11.1 Å². The number of hydrogen-bond donors (Lipinski definition) is 0. The normalized spacial score (nSPS) is 14.4. The highest BCUT2D eigenvalue weighted by atomic mass is 32.1. The van der Waals surface area contributed by atoms with Crippen LogP contribution < -0.4 is 0 Å². The molecule has 0 N–H and O–H groups in total. The average molecular weight is 655 g/mol. The number of hydrogen-bond acceptors (Lipinski definition) is 4. The largest absolute Gasteiger partial charge is 0.208 e. The molecule has 0 saturated heterocycles. The second-order valence-electron chi connectivity index (χ2n) is 11.2. The first kappa shape index (κ1) is 19.6. The maximum absolute atomic E-state index is 9.35. The Kier molecular flexibility index (Phi) is 4.96. The number of fused-ring (bicyclic) bond motifs is 3. The molecule has 9 aromatic rings. The van der Waals surface area contributed by atoms with Gasteiger partial charge >= 0.3 is 0 Å². The van der Waals surface area contributed by atoms with Crippen molar-refractivity contribution in [2.75, 3.05) is 0 Å². The summed E-state index contributed by atoms with van der Waals surface area (Å²) in [6, 6.07) is 29.4. The van der Waals surface area contributed by atoms with Gasteiger partial charge in [-0.3, -0.25) is 0 Å². The topological polar surface area (TPSA) is 38.7 Å². The van der Waals surface area contributed by atoms with Crippen LogP contribution in [0.5, 0.6) is 0 Å². The van der Waals surface area contributed by atoms with E-state index in [9.17, 15) is 2.74 Å².